The predicted molar refractivity (Wildman–Crippen MR) is 195 cm³/mol. The third kappa shape index (κ3) is 11.4. The standard InChI is InChI=1S/C38H57N7O7/c1-7-25(2)32(45-19-18-43(37(45)51)22-28-14-11-15-29(24-46)39-28)34(48)40-30(20-26-12-9-8-10-13-26)31(47)23-44(21-27-16-17-27)42-35(49)33(38(3,4)5)41-36(50)52-6/h8-15,25,27,30-33,46-47H,7,16-24H2,1-6H3,(H,40,48)(H,41,50)(H,42,49). The Hall–Kier alpha value is -4.27. The van der Waals surface area contributed by atoms with E-state index in [0.29, 0.717) is 49.8 Å². The van der Waals surface area contributed by atoms with Gasteiger partial charge in [0.1, 0.15) is 12.1 Å². The molecule has 1 aliphatic carbocycles. The zero-order valence-electron chi connectivity index (χ0n) is 31.4. The molecule has 0 radical (unpaired) electrons. The van der Waals surface area contributed by atoms with Gasteiger partial charge in [0.05, 0.1) is 43.8 Å². The number of hydrogen-bond donors (Lipinski definition) is 5. The second kappa shape index (κ2) is 18.5. The first kappa shape index (κ1) is 40.5. The smallest absolute Gasteiger partial charge is 0.407 e. The third-order valence-corrected chi connectivity index (χ3v) is 9.81. The van der Waals surface area contributed by atoms with Gasteiger partial charge in [-0.15, -0.1) is 0 Å². The summed E-state index contributed by atoms with van der Waals surface area (Å²) in [5, 5.41) is 28.8. The number of amides is 5. The molecular weight excluding hydrogens is 666 g/mol. The summed E-state index contributed by atoms with van der Waals surface area (Å²) in [6.07, 6.45) is 1.11. The Balaban J connectivity index is 1.53. The number of pyridine rings is 1. The van der Waals surface area contributed by atoms with Crippen LogP contribution in [0.2, 0.25) is 0 Å². The molecule has 14 nitrogen and oxygen atoms in total. The van der Waals surface area contributed by atoms with Gasteiger partial charge in [0.15, 0.2) is 0 Å². The number of rotatable bonds is 18. The van der Waals surface area contributed by atoms with Crippen LogP contribution < -0.4 is 16.1 Å². The first-order chi connectivity index (χ1) is 24.7. The van der Waals surface area contributed by atoms with Crippen LogP contribution in [0, 0.1) is 17.3 Å². The first-order valence-electron chi connectivity index (χ1n) is 18.3. The summed E-state index contributed by atoms with van der Waals surface area (Å²) in [4.78, 5) is 61.5. The van der Waals surface area contributed by atoms with Gasteiger partial charge in [-0.25, -0.2) is 14.6 Å². The minimum absolute atomic E-state index is 0.0133. The fourth-order valence-corrected chi connectivity index (χ4v) is 6.46. The Bertz CT molecular complexity index is 1500. The van der Waals surface area contributed by atoms with E-state index in [0.717, 1.165) is 18.4 Å². The molecule has 2 aliphatic rings. The van der Waals surface area contributed by atoms with Gasteiger partial charge in [-0.1, -0.05) is 77.4 Å². The van der Waals surface area contributed by atoms with Crippen molar-refractivity contribution < 1.29 is 34.1 Å². The first-order valence-corrected chi connectivity index (χ1v) is 18.3. The topological polar surface area (TPSA) is 177 Å². The molecule has 286 valence electrons. The number of nitrogens with one attached hydrogen (secondary N) is 3. The van der Waals surface area contributed by atoms with Crippen LogP contribution in [0.4, 0.5) is 9.59 Å². The van der Waals surface area contributed by atoms with Crippen molar-refractivity contribution in [3.05, 3.63) is 65.5 Å². The summed E-state index contributed by atoms with van der Waals surface area (Å²) in [6.45, 7) is 10.7. The van der Waals surface area contributed by atoms with E-state index in [9.17, 15) is 29.4 Å². The monoisotopic (exact) mass is 723 g/mol. The van der Waals surface area contributed by atoms with Crippen LogP contribution >= 0.6 is 0 Å². The quantitative estimate of drug-likeness (QED) is 0.145. The highest BCUT2D eigenvalue weighted by molar-refractivity contribution is 5.88. The highest BCUT2D eigenvalue weighted by atomic mass is 16.5. The van der Waals surface area contributed by atoms with Crippen molar-refractivity contribution in [1.82, 2.24) is 35.9 Å². The van der Waals surface area contributed by atoms with Gasteiger partial charge < -0.3 is 35.4 Å². The van der Waals surface area contributed by atoms with Crippen molar-refractivity contribution in [3.8, 4) is 0 Å². The molecule has 1 saturated heterocycles. The number of benzene rings is 1. The van der Waals surface area contributed by atoms with Crippen molar-refractivity contribution >= 4 is 23.9 Å². The van der Waals surface area contributed by atoms with Crippen molar-refractivity contribution in [2.75, 3.05) is 33.3 Å². The molecule has 14 heteroatoms. The number of carbonyl (C=O) groups is 4. The molecule has 2 heterocycles. The third-order valence-electron chi connectivity index (χ3n) is 9.81. The number of hydrogen-bond acceptors (Lipinski definition) is 9. The van der Waals surface area contributed by atoms with E-state index in [1.54, 1.807) is 33.0 Å². The lowest BCUT2D eigenvalue weighted by atomic mass is 9.86. The van der Waals surface area contributed by atoms with Crippen molar-refractivity contribution in [2.24, 2.45) is 17.3 Å². The van der Waals surface area contributed by atoms with Crippen LogP contribution in [0.5, 0.6) is 0 Å². The van der Waals surface area contributed by atoms with E-state index >= 15 is 0 Å². The SMILES string of the molecule is CCC(C)C(C(=O)NC(Cc1ccccc1)C(O)CN(CC1CC1)NC(=O)C(NC(=O)OC)C(C)(C)C)N1CCN(Cc2cccc(CO)n2)C1=O. The molecule has 1 aliphatic heterocycles. The van der Waals surface area contributed by atoms with Crippen molar-refractivity contribution in [2.45, 2.75) is 97.7 Å². The molecule has 2 fully saturated rings. The summed E-state index contributed by atoms with van der Waals surface area (Å²) < 4.78 is 4.76. The number of aromatic nitrogens is 1. The van der Waals surface area contributed by atoms with Crippen LogP contribution in [0.15, 0.2) is 48.5 Å². The Morgan fingerprint density at radius 2 is 1.71 bits per heavy atom. The number of methoxy groups -OCH3 is 1. The molecular formula is C38H57N7O7. The summed E-state index contributed by atoms with van der Waals surface area (Å²) in [7, 11) is 1.24. The van der Waals surface area contributed by atoms with Crippen LogP contribution in [-0.4, -0.2) is 111 Å². The summed E-state index contributed by atoms with van der Waals surface area (Å²) >= 11 is 0. The van der Waals surface area contributed by atoms with Gasteiger partial charge in [-0.3, -0.25) is 20.0 Å². The lowest BCUT2D eigenvalue weighted by Crippen LogP contribution is -2.60. The average molecular weight is 724 g/mol. The van der Waals surface area contributed by atoms with Gasteiger partial charge in [0, 0.05) is 26.2 Å². The zero-order chi connectivity index (χ0) is 38.0. The normalized spacial score (nSPS) is 17.7. The number of hydrazine groups is 1. The van der Waals surface area contributed by atoms with Crippen LogP contribution in [-0.2, 0) is 33.9 Å². The zero-order valence-corrected chi connectivity index (χ0v) is 31.4. The molecule has 2 aromatic rings. The molecule has 5 unspecified atom stereocenters. The van der Waals surface area contributed by atoms with Crippen LogP contribution in [0.25, 0.3) is 0 Å². The van der Waals surface area contributed by atoms with Gasteiger partial charge in [-0.2, -0.15) is 0 Å². The van der Waals surface area contributed by atoms with E-state index in [1.807, 2.05) is 65.0 Å². The molecule has 5 N–H and O–H groups in total. The summed E-state index contributed by atoms with van der Waals surface area (Å²) in [6, 6.07) is 12.1. The predicted octanol–water partition coefficient (Wildman–Crippen LogP) is 2.83. The fourth-order valence-electron chi connectivity index (χ4n) is 6.46. The highest BCUT2D eigenvalue weighted by Gasteiger charge is 2.41. The Kier molecular flexibility index (Phi) is 14.4. The van der Waals surface area contributed by atoms with Crippen LogP contribution in [0.1, 0.15) is 70.8 Å². The number of carbonyl (C=O) groups excluding carboxylic acids is 4. The van der Waals surface area contributed by atoms with Gasteiger partial charge in [0.2, 0.25) is 5.91 Å². The van der Waals surface area contributed by atoms with Gasteiger partial charge in [-0.05, 0) is 54.2 Å². The maximum absolute atomic E-state index is 14.3. The minimum Gasteiger partial charge on any atom is -0.453 e. The average Bonchev–Trinajstić information content (AvgIpc) is 3.87. The lowest BCUT2D eigenvalue weighted by Gasteiger charge is -2.36. The number of aliphatic hydroxyl groups excluding tert-OH is 2. The molecule has 5 atom stereocenters. The summed E-state index contributed by atoms with van der Waals surface area (Å²) in [5.41, 5.74) is 4.36. The van der Waals surface area contributed by atoms with E-state index in [-0.39, 0.29) is 37.6 Å². The molecule has 1 aromatic carbocycles. The van der Waals surface area contributed by atoms with Gasteiger partial charge in [0.25, 0.3) is 5.91 Å². The van der Waals surface area contributed by atoms with Crippen LogP contribution in [0.3, 0.4) is 0 Å². The van der Waals surface area contributed by atoms with E-state index in [2.05, 4.69) is 21.0 Å². The molecule has 1 aromatic heterocycles. The fraction of sp³-hybridized carbons (Fsp3) is 0.605. The number of alkyl carbamates (subject to hydrolysis) is 1. The second-order valence-electron chi connectivity index (χ2n) is 15.1. The Morgan fingerprint density at radius 1 is 1.02 bits per heavy atom. The molecule has 52 heavy (non-hydrogen) atoms. The Labute approximate surface area is 307 Å². The van der Waals surface area contributed by atoms with Crippen molar-refractivity contribution in [3.63, 3.8) is 0 Å². The lowest BCUT2D eigenvalue weighted by molar-refractivity contribution is -0.132. The number of urea groups is 1. The van der Waals surface area contributed by atoms with E-state index < -0.39 is 41.6 Å². The molecule has 1 saturated carbocycles. The maximum atomic E-state index is 14.3. The van der Waals surface area contributed by atoms with E-state index in [4.69, 9.17) is 4.74 Å². The van der Waals surface area contributed by atoms with E-state index in [1.165, 1.54) is 7.11 Å². The number of aliphatic hydroxyl groups is 2. The second-order valence-corrected chi connectivity index (χ2v) is 15.1. The Morgan fingerprint density at radius 3 is 2.33 bits per heavy atom. The summed E-state index contributed by atoms with van der Waals surface area (Å²) in [5.74, 6) is -0.646. The largest absolute Gasteiger partial charge is 0.453 e. The molecule has 4 rings (SSSR count). The number of nitrogens with zero attached hydrogens (tertiary/aromatic N) is 4. The number of ether oxygens (including phenoxy) is 1. The van der Waals surface area contributed by atoms with Crippen molar-refractivity contribution in [1.29, 1.82) is 0 Å². The maximum Gasteiger partial charge on any atom is 0.407 e. The molecule has 0 spiro atoms. The highest BCUT2D eigenvalue weighted by Crippen LogP contribution is 2.30. The minimum atomic E-state index is -1.11. The molecule has 5 amide bonds. The van der Waals surface area contributed by atoms with Gasteiger partial charge >= 0.3 is 12.1 Å². The molecule has 0 bridgehead atoms.